The smallest absolute Gasteiger partial charge is 0.0159 e. The highest BCUT2D eigenvalue weighted by Crippen LogP contribution is 2.51. The van der Waals surface area contributed by atoms with Crippen molar-refractivity contribution in [2.45, 2.75) is 19.3 Å². The molecule has 0 amide bonds. The molecule has 10 aromatic carbocycles. The molecule has 0 saturated carbocycles. The minimum Gasteiger partial charge on any atom is -0.0616 e. The Morgan fingerprint density at radius 2 is 0.736 bits per heavy atom. The molecule has 0 aromatic heterocycles. The number of fused-ring (bicyclic) bond motifs is 9. The summed E-state index contributed by atoms with van der Waals surface area (Å²) >= 11 is 0. The summed E-state index contributed by atoms with van der Waals surface area (Å²) < 4.78 is 0. The number of rotatable bonds is 3. The summed E-state index contributed by atoms with van der Waals surface area (Å²) in [5.41, 5.74) is 13.0. The maximum Gasteiger partial charge on any atom is 0.0159 e. The van der Waals surface area contributed by atoms with E-state index in [2.05, 4.69) is 196 Å². The zero-order valence-electron chi connectivity index (χ0n) is 29.8. The standard InChI is InChI=1S/C53H36/c1-53(2)49-28-27-39(30-47(49)48-29-37-12-3-4-13-38(37)32-50(48)53)33-19-24-36(25-20-33)51-42-15-7-9-17-44(42)52(45-18-10-8-16-43(45)51)40-26-23-35-22-21-34-11-5-6-14-41(34)46(35)31-40/h3-32H,1-2H3. The van der Waals surface area contributed by atoms with E-state index in [1.807, 2.05) is 0 Å². The van der Waals surface area contributed by atoms with Crippen molar-refractivity contribution in [3.05, 3.63) is 193 Å². The molecule has 1 aliphatic carbocycles. The average molecular weight is 673 g/mol. The second-order valence-corrected chi connectivity index (χ2v) is 15.3. The zero-order valence-corrected chi connectivity index (χ0v) is 29.8. The van der Waals surface area contributed by atoms with Crippen LogP contribution in [-0.2, 0) is 5.41 Å². The third kappa shape index (κ3) is 4.49. The Hall–Kier alpha value is -6.50. The fraction of sp³-hybridized carbons (Fsp3) is 0.0566. The maximum absolute atomic E-state index is 2.42. The first-order valence-corrected chi connectivity index (χ1v) is 18.7. The Labute approximate surface area is 309 Å². The summed E-state index contributed by atoms with van der Waals surface area (Å²) in [6.45, 7) is 4.73. The van der Waals surface area contributed by atoms with Gasteiger partial charge in [-0.3, -0.25) is 0 Å². The molecule has 0 atom stereocenters. The van der Waals surface area contributed by atoms with Gasteiger partial charge in [0.05, 0.1) is 0 Å². The Bertz CT molecular complexity index is 3060. The first-order chi connectivity index (χ1) is 26.0. The molecule has 0 N–H and O–H groups in total. The van der Waals surface area contributed by atoms with Gasteiger partial charge in [-0.05, 0) is 134 Å². The van der Waals surface area contributed by atoms with E-state index in [0.29, 0.717) is 0 Å². The molecule has 53 heavy (non-hydrogen) atoms. The monoisotopic (exact) mass is 672 g/mol. The van der Waals surface area contributed by atoms with Crippen molar-refractivity contribution < 1.29 is 0 Å². The Balaban J connectivity index is 1.05. The predicted octanol–water partition coefficient (Wildman–Crippen LogP) is 14.8. The SMILES string of the molecule is CC1(C)c2ccc(-c3ccc(-c4c5ccccc5c(-c5ccc6ccc7ccccc7c6c5)c5ccccc45)cc3)cc2-c2cc3ccccc3cc21. The van der Waals surface area contributed by atoms with Crippen LogP contribution in [0.3, 0.4) is 0 Å². The van der Waals surface area contributed by atoms with Gasteiger partial charge in [0, 0.05) is 5.41 Å². The van der Waals surface area contributed by atoms with Gasteiger partial charge in [-0.1, -0.05) is 172 Å². The van der Waals surface area contributed by atoms with Crippen molar-refractivity contribution >= 4 is 53.9 Å². The lowest BCUT2D eigenvalue weighted by Crippen LogP contribution is -2.14. The minimum atomic E-state index is -0.0357. The number of hydrogen-bond donors (Lipinski definition) is 0. The normalized spacial score (nSPS) is 13.2. The van der Waals surface area contributed by atoms with E-state index in [9.17, 15) is 0 Å². The van der Waals surface area contributed by atoms with Crippen LogP contribution >= 0.6 is 0 Å². The molecule has 0 fully saturated rings. The molecule has 248 valence electrons. The van der Waals surface area contributed by atoms with E-state index >= 15 is 0 Å². The number of hydrogen-bond acceptors (Lipinski definition) is 0. The van der Waals surface area contributed by atoms with Crippen LogP contribution in [0.15, 0.2) is 182 Å². The van der Waals surface area contributed by atoms with Crippen molar-refractivity contribution in [3.63, 3.8) is 0 Å². The molecule has 0 aliphatic heterocycles. The van der Waals surface area contributed by atoms with Gasteiger partial charge in [0.15, 0.2) is 0 Å². The first-order valence-electron chi connectivity index (χ1n) is 18.7. The highest BCUT2D eigenvalue weighted by molar-refractivity contribution is 6.22. The van der Waals surface area contributed by atoms with Crippen LogP contribution in [0.1, 0.15) is 25.0 Å². The lowest BCUT2D eigenvalue weighted by atomic mass is 9.81. The van der Waals surface area contributed by atoms with Crippen LogP contribution in [0.4, 0.5) is 0 Å². The molecular weight excluding hydrogens is 637 g/mol. The van der Waals surface area contributed by atoms with E-state index in [1.165, 1.54) is 109 Å². The molecule has 0 spiro atoms. The molecule has 11 rings (SSSR count). The summed E-state index contributed by atoms with van der Waals surface area (Å²) in [5, 5.41) is 12.8. The highest BCUT2D eigenvalue weighted by Gasteiger charge is 2.35. The predicted molar refractivity (Wildman–Crippen MR) is 228 cm³/mol. The van der Waals surface area contributed by atoms with Gasteiger partial charge in [0.25, 0.3) is 0 Å². The van der Waals surface area contributed by atoms with Crippen molar-refractivity contribution in [1.29, 1.82) is 0 Å². The van der Waals surface area contributed by atoms with Crippen LogP contribution in [0.2, 0.25) is 0 Å². The molecule has 0 nitrogen and oxygen atoms in total. The molecule has 1 aliphatic rings. The van der Waals surface area contributed by atoms with Crippen molar-refractivity contribution in [2.24, 2.45) is 0 Å². The van der Waals surface area contributed by atoms with Crippen molar-refractivity contribution in [1.82, 2.24) is 0 Å². The van der Waals surface area contributed by atoms with Gasteiger partial charge in [-0.25, -0.2) is 0 Å². The Morgan fingerprint density at radius 1 is 0.283 bits per heavy atom. The van der Waals surface area contributed by atoms with Crippen LogP contribution < -0.4 is 0 Å². The molecular formula is C53H36. The second-order valence-electron chi connectivity index (χ2n) is 15.3. The minimum absolute atomic E-state index is 0.0357. The number of benzene rings is 10. The summed E-state index contributed by atoms with van der Waals surface area (Å²) in [6.07, 6.45) is 0. The summed E-state index contributed by atoms with van der Waals surface area (Å²) in [7, 11) is 0. The summed E-state index contributed by atoms with van der Waals surface area (Å²) in [6, 6.07) is 68.0. The van der Waals surface area contributed by atoms with Gasteiger partial charge in [-0.2, -0.15) is 0 Å². The van der Waals surface area contributed by atoms with E-state index in [-0.39, 0.29) is 5.41 Å². The molecule has 0 saturated heterocycles. The largest absolute Gasteiger partial charge is 0.0616 e. The van der Waals surface area contributed by atoms with Gasteiger partial charge in [0.1, 0.15) is 0 Å². The molecule has 0 heterocycles. The van der Waals surface area contributed by atoms with E-state index in [0.717, 1.165) is 0 Å². The summed E-state index contributed by atoms with van der Waals surface area (Å²) in [5.74, 6) is 0. The fourth-order valence-corrected chi connectivity index (χ4v) is 9.35. The van der Waals surface area contributed by atoms with Crippen LogP contribution in [0.5, 0.6) is 0 Å². The van der Waals surface area contributed by atoms with Crippen LogP contribution in [0.25, 0.3) is 98.4 Å². The maximum atomic E-state index is 2.42. The topological polar surface area (TPSA) is 0 Å². The second kappa shape index (κ2) is 11.2. The third-order valence-corrected chi connectivity index (χ3v) is 12.0. The average Bonchev–Trinajstić information content (AvgIpc) is 3.43. The van der Waals surface area contributed by atoms with E-state index in [1.54, 1.807) is 0 Å². The third-order valence-electron chi connectivity index (χ3n) is 12.0. The van der Waals surface area contributed by atoms with E-state index < -0.39 is 0 Å². The van der Waals surface area contributed by atoms with Crippen LogP contribution in [0, 0.1) is 0 Å². The lowest BCUT2D eigenvalue weighted by molar-refractivity contribution is 0.661. The molecule has 0 bridgehead atoms. The van der Waals surface area contributed by atoms with Gasteiger partial charge >= 0.3 is 0 Å². The van der Waals surface area contributed by atoms with Gasteiger partial charge < -0.3 is 0 Å². The molecule has 10 aromatic rings. The summed E-state index contributed by atoms with van der Waals surface area (Å²) in [4.78, 5) is 0. The lowest BCUT2D eigenvalue weighted by Gasteiger charge is -2.22. The van der Waals surface area contributed by atoms with E-state index in [4.69, 9.17) is 0 Å². The fourth-order valence-electron chi connectivity index (χ4n) is 9.35. The molecule has 0 unspecified atom stereocenters. The highest BCUT2D eigenvalue weighted by atomic mass is 14.4. The van der Waals surface area contributed by atoms with Gasteiger partial charge in [0.2, 0.25) is 0 Å². The quantitative estimate of drug-likeness (QED) is 0.129. The van der Waals surface area contributed by atoms with Crippen molar-refractivity contribution in [3.8, 4) is 44.5 Å². The molecule has 0 radical (unpaired) electrons. The Kier molecular flexibility index (Phi) is 6.40. The van der Waals surface area contributed by atoms with Crippen molar-refractivity contribution in [2.75, 3.05) is 0 Å². The molecule has 0 heteroatoms. The van der Waals surface area contributed by atoms with Gasteiger partial charge in [-0.15, -0.1) is 0 Å². The Morgan fingerprint density at radius 3 is 1.40 bits per heavy atom. The zero-order chi connectivity index (χ0) is 35.3. The van der Waals surface area contributed by atoms with Crippen LogP contribution in [-0.4, -0.2) is 0 Å². The first kappa shape index (κ1) is 30.2.